The maximum absolute atomic E-state index is 11.4. The first-order valence-electron chi connectivity index (χ1n) is 10.7. The molecule has 4 N–H and O–H groups in total. The van der Waals surface area contributed by atoms with E-state index in [1.807, 2.05) is 43.3 Å². The number of hydrogen-bond acceptors (Lipinski definition) is 6. The lowest BCUT2D eigenvalue weighted by Gasteiger charge is -2.28. The molecule has 3 rings (SSSR count). The summed E-state index contributed by atoms with van der Waals surface area (Å²) in [7, 11) is 0. The number of hydrazone groups is 1. The van der Waals surface area contributed by atoms with Gasteiger partial charge in [-0.05, 0) is 43.7 Å². The Morgan fingerprint density at radius 3 is 2.66 bits per heavy atom. The topological polar surface area (TPSA) is 95.0 Å². The molecule has 0 radical (unpaired) electrons. The molecule has 7 nitrogen and oxygen atoms in total. The number of anilines is 1. The predicted octanol–water partition coefficient (Wildman–Crippen LogP) is 3.42. The van der Waals surface area contributed by atoms with Gasteiger partial charge in [-0.3, -0.25) is 4.79 Å². The lowest BCUT2D eigenvalue weighted by Crippen LogP contribution is -2.49. The second kappa shape index (κ2) is 10.8. The predicted molar refractivity (Wildman–Crippen MR) is 128 cm³/mol. The van der Waals surface area contributed by atoms with Crippen LogP contribution in [0.4, 0.5) is 5.69 Å². The molecule has 1 aliphatic heterocycles. The maximum atomic E-state index is 11.4. The molecular formula is C24H31ClN4O3. The van der Waals surface area contributed by atoms with Crippen molar-refractivity contribution in [1.29, 1.82) is 0 Å². The van der Waals surface area contributed by atoms with Crippen LogP contribution < -0.4 is 20.8 Å². The van der Waals surface area contributed by atoms with Crippen LogP contribution in [0.1, 0.15) is 32.8 Å². The highest BCUT2D eigenvalue weighted by atomic mass is 35.5. The molecule has 1 aliphatic rings. The number of carbonyl (C=O) groups is 1. The van der Waals surface area contributed by atoms with E-state index in [1.165, 1.54) is 0 Å². The van der Waals surface area contributed by atoms with Crippen molar-refractivity contribution >= 4 is 28.9 Å². The number of rotatable bonds is 10. The van der Waals surface area contributed by atoms with E-state index in [9.17, 15) is 9.90 Å². The summed E-state index contributed by atoms with van der Waals surface area (Å²) >= 11 is 6.07. The lowest BCUT2D eigenvalue weighted by atomic mass is 9.94. The third-order valence-corrected chi connectivity index (χ3v) is 5.57. The standard InChI is InChI=1S/C24H31ClN4O3/c1-16-12-22(31)28-29-23(16)17-8-10-18(11-9-17)26-15-24(2,3)27-13-19(30)14-32-21-7-5-4-6-20(21)25/h4-11,16,19,26-27,30H,12-15H2,1-3H3,(H,28,31). The number of aliphatic hydroxyl groups is 1. The highest BCUT2D eigenvalue weighted by Crippen LogP contribution is 2.23. The number of para-hydroxylation sites is 1. The minimum absolute atomic E-state index is 0.0465. The van der Waals surface area contributed by atoms with E-state index in [0.29, 0.717) is 30.3 Å². The number of nitrogens with one attached hydrogen (secondary N) is 3. The van der Waals surface area contributed by atoms with Crippen molar-refractivity contribution in [2.24, 2.45) is 11.0 Å². The van der Waals surface area contributed by atoms with E-state index in [-0.39, 0.29) is 24.0 Å². The number of nitrogens with zero attached hydrogens (tertiary/aromatic N) is 1. The normalized spacial score (nSPS) is 17.3. The Kier molecular flexibility index (Phi) is 8.12. The number of halogens is 1. The van der Waals surface area contributed by atoms with Crippen molar-refractivity contribution in [3.05, 3.63) is 59.1 Å². The van der Waals surface area contributed by atoms with Crippen LogP contribution >= 0.6 is 11.6 Å². The van der Waals surface area contributed by atoms with Crippen LogP contribution in [0, 0.1) is 5.92 Å². The van der Waals surface area contributed by atoms with Crippen LogP contribution in [0.15, 0.2) is 53.6 Å². The van der Waals surface area contributed by atoms with Gasteiger partial charge in [0.15, 0.2) is 0 Å². The van der Waals surface area contributed by atoms with Gasteiger partial charge < -0.3 is 20.5 Å². The Labute approximate surface area is 194 Å². The Hall–Kier alpha value is -2.61. The molecule has 0 aliphatic carbocycles. The quantitative estimate of drug-likeness (QED) is 0.437. The molecule has 172 valence electrons. The molecule has 2 aromatic rings. The van der Waals surface area contributed by atoms with E-state index in [1.54, 1.807) is 12.1 Å². The zero-order chi connectivity index (χ0) is 23.1. The van der Waals surface area contributed by atoms with Crippen molar-refractivity contribution in [3.8, 4) is 5.75 Å². The fraction of sp³-hybridized carbons (Fsp3) is 0.417. The summed E-state index contributed by atoms with van der Waals surface area (Å²) < 4.78 is 5.60. The smallest absolute Gasteiger partial charge is 0.240 e. The summed E-state index contributed by atoms with van der Waals surface area (Å²) in [6.07, 6.45) is -0.211. The van der Waals surface area contributed by atoms with E-state index in [0.717, 1.165) is 17.0 Å². The zero-order valence-electron chi connectivity index (χ0n) is 18.7. The van der Waals surface area contributed by atoms with Crippen LogP contribution in [0.3, 0.4) is 0 Å². The summed E-state index contributed by atoms with van der Waals surface area (Å²) in [5.74, 6) is 0.613. The van der Waals surface area contributed by atoms with Gasteiger partial charge in [0.2, 0.25) is 5.91 Å². The minimum Gasteiger partial charge on any atom is -0.489 e. The SMILES string of the molecule is CC1CC(=O)NN=C1c1ccc(NCC(C)(C)NCC(O)COc2ccccc2Cl)cc1. The van der Waals surface area contributed by atoms with Crippen molar-refractivity contribution in [1.82, 2.24) is 10.7 Å². The number of hydrogen-bond donors (Lipinski definition) is 4. The fourth-order valence-corrected chi connectivity index (χ4v) is 3.54. The van der Waals surface area contributed by atoms with Crippen LogP contribution in [0.2, 0.25) is 5.02 Å². The Morgan fingerprint density at radius 1 is 1.25 bits per heavy atom. The second-order valence-electron chi connectivity index (χ2n) is 8.73. The molecule has 2 aromatic carbocycles. The monoisotopic (exact) mass is 458 g/mol. The lowest BCUT2D eigenvalue weighted by molar-refractivity contribution is -0.121. The van der Waals surface area contributed by atoms with Gasteiger partial charge in [-0.15, -0.1) is 0 Å². The number of β-amino-alcohol motifs (C(OH)–C–C–N with tert-alkyl or cyclic N) is 1. The van der Waals surface area contributed by atoms with Crippen molar-refractivity contribution in [2.75, 3.05) is 25.0 Å². The average Bonchev–Trinajstić information content (AvgIpc) is 2.76. The van der Waals surface area contributed by atoms with E-state index in [2.05, 4.69) is 35.0 Å². The van der Waals surface area contributed by atoms with Gasteiger partial charge in [0.25, 0.3) is 0 Å². The summed E-state index contributed by atoms with van der Waals surface area (Å²) in [5, 5.41) is 21.8. The molecule has 0 aromatic heterocycles. The maximum Gasteiger partial charge on any atom is 0.240 e. The van der Waals surface area contributed by atoms with Gasteiger partial charge in [0.05, 0.1) is 10.7 Å². The number of ether oxygens (including phenoxy) is 1. The molecule has 0 saturated heterocycles. The Balaban J connectivity index is 1.44. The number of carbonyl (C=O) groups excluding carboxylic acids is 1. The average molecular weight is 459 g/mol. The molecule has 0 bridgehead atoms. The molecule has 1 heterocycles. The van der Waals surface area contributed by atoms with Gasteiger partial charge in [-0.2, -0.15) is 5.10 Å². The molecule has 8 heteroatoms. The van der Waals surface area contributed by atoms with Crippen molar-refractivity contribution < 1.29 is 14.6 Å². The highest BCUT2D eigenvalue weighted by Gasteiger charge is 2.22. The van der Waals surface area contributed by atoms with Gasteiger partial charge in [-0.25, -0.2) is 5.43 Å². The summed E-state index contributed by atoms with van der Waals surface area (Å²) in [6, 6.07) is 15.2. The number of amides is 1. The van der Waals surface area contributed by atoms with Gasteiger partial charge in [-0.1, -0.05) is 42.8 Å². The third kappa shape index (κ3) is 6.95. The molecule has 32 heavy (non-hydrogen) atoms. The van der Waals surface area contributed by atoms with E-state index < -0.39 is 6.10 Å². The first-order chi connectivity index (χ1) is 15.2. The largest absolute Gasteiger partial charge is 0.489 e. The third-order valence-electron chi connectivity index (χ3n) is 5.26. The second-order valence-corrected chi connectivity index (χ2v) is 9.14. The highest BCUT2D eigenvalue weighted by molar-refractivity contribution is 6.32. The Morgan fingerprint density at radius 2 is 1.97 bits per heavy atom. The van der Waals surface area contributed by atoms with Crippen LogP contribution in [-0.4, -0.2) is 48.1 Å². The Bertz CT molecular complexity index is 947. The molecule has 0 saturated carbocycles. The molecule has 2 unspecified atom stereocenters. The number of aliphatic hydroxyl groups excluding tert-OH is 1. The van der Waals surface area contributed by atoms with Crippen LogP contribution in [-0.2, 0) is 4.79 Å². The fourth-order valence-electron chi connectivity index (χ4n) is 3.35. The summed E-state index contributed by atoms with van der Waals surface area (Å²) in [4.78, 5) is 11.4. The first-order valence-corrected chi connectivity index (χ1v) is 11.1. The van der Waals surface area contributed by atoms with Crippen LogP contribution in [0.5, 0.6) is 5.75 Å². The van der Waals surface area contributed by atoms with Gasteiger partial charge >= 0.3 is 0 Å². The van der Waals surface area contributed by atoms with Crippen molar-refractivity contribution in [2.45, 2.75) is 38.8 Å². The minimum atomic E-state index is -0.663. The number of benzene rings is 2. The van der Waals surface area contributed by atoms with E-state index in [4.69, 9.17) is 16.3 Å². The van der Waals surface area contributed by atoms with E-state index >= 15 is 0 Å². The molecule has 1 amide bonds. The summed E-state index contributed by atoms with van der Waals surface area (Å²) in [5.41, 5.74) is 5.18. The molecule has 0 spiro atoms. The van der Waals surface area contributed by atoms with Gasteiger partial charge in [0.1, 0.15) is 18.5 Å². The first kappa shape index (κ1) is 24.0. The molecule has 2 atom stereocenters. The molecule has 0 fully saturated rings. The van der Waals surface area contributed by atoms with Crippen LogP contribution in [0.25, 0.3) is 0 Å². The summed E-state index contributed by atoms with van der Waals surface area (Å²) in [6.45, 7) is 7.35. The van der Waals surface area contributed by atoms with Crippen molar-refractivity contribution in [3.63, 3.8) is 0 Å². The molecular weight excluding hydrogens is 428 g/mol. The zero-order valence-corrected chi connectivity index (χ0v) is 19.4. The van der Waals surface area contributed by atoms with Gasteiger partial charge in [0, 0.05) is 36.7 Å².